The van der Waals surface area contributed by atoms with Gasteiger partial charge in [0.05, 0.1) is 41.8 Å². The van der Waals surface area contributed by atoms with Gasteiger partial charge in [0.2, 0.25) is 6.54 Å². The van der Waals surface area contributed by atoms with E-state index in [1.54, 1.807) is 11.0 Å². The number of hydrogen-bond donors (Lipinski definition) is 3. The average Bonchev–Trinajstić information content (AvgIpc) is 2.79. The van der Waals surface area contributed by atoms with E-state index in [1.807, 2.05) is 0 Å². The van der Waals surface area contributed by atoms with Gasteiger partial charge in [-0.3, -0.25) is 9.11 Å². The van der Waals surface area contributed by atoms with E-state index in [1.165, 1.54) is 36.4 Å². The summed E-state index contributed by atoms with van der Waals surface area (Å²) in [7, 11) is -13.2. The summed E-state index contributed by atoms with van der Waals surface area (Å²) in [6.07, 6.45) is 0. The van der Waals surface area contributed by atoms with Crippen LogP contribution in [0.2, 0.25) is 0 Å². The molecule has 0 aliphatic rings. The number of sulfone groups is 1. The highest BCUT2D eigenvalue weighted by Crippen LogP contribution is 2.29. The van der Waals surface area contributed by atoms with Gasteiger partial charge >= 0.3 is 20.8 Å². The van der Waals surface area contributed by atoms with E-state index < -0.39 is 43.0 Å². The van der Waals surface area contributed by atoms with Gasteiger partial charge in [0, 0.05) is 12.2 Å². The molecule has 0 saturated heterocycles. The molecule has 0 radical (unpaired) electrons. The van der Waals surface area contributed by atoms with Crippen LogP contribution < -0.4 is 10.6 Å². The summed E-state index contributed by atoms with van der Waals surface area (Å²) in [6, 6.07) is 9.91. The van der Waals surface area contributed by atoms with Gasteiger partial charge in [-0.25, -0.2) is 23.4 Å². The van der Waals surface area contributed by atoms with E-state index in [0.717, 1.165) is 0 Å². The largest absolute Gasteiger partial charge is 0.397 e. The maximum atomic E-state index is 12.2. The Kier molecular flexibility index (Phi) is 10.4. The first kappa shape index (κ1) is 30.0. The molecule has 0 amide bonds. The molecule has 0 aliphatic heterocycles. The number of rotatable bonds is 14. The molecule has 0 bridgehead atoms. The van der Waals surface area contributed by atoms with Crippen LogP contribution in [0.4, 0.5) is 22.7 Å². The zero-order valence-electron chi connectivity index (χ0n) is 19.0. The van der Waals surface area contributed by atoms with E-state index in [0.29, 0.717) is 5.69 Å². The van der Waals surface area contributed by atoms with Gasteiger partial charge in [0.25, 0.3) is 0 Å². The van der Waals surface area contributed by atoms with Gasteiger partial charge in [-0.2, -0.15) is 21.9 Å². The predicted octanol–water partition coefficient (Wildman–Crippen LogP) is 1.82. The molecule has 0 heterocycles. The van der Waals surface area contributed by atoms with Crippen LogP contribution in [0.1, 0.15) is 0 Å². The zero-order valence-corrected chi connectivity index (χ0v) is 21.5. The van der Waals surface area contributed by atoms with Crippen molar-refractivity contribution in [1.29, 1.82) is 0 Å². The van der Waals surface area contributed by atoms with Gasteiger partial charge in [-0.1, -0.05) is 0 Å². The molecular formula is C19H23N5O10S3. The normalized spacial score (nSPS) is 12.5. The molecule has 18 heteroatoms. The van der Waals surface area contributed by atoms with E-state index in [4.69, 9.17) is 21.4 Å². The fourth-order valence-electron chi connectivity index (χ4n) is 2.82. The van der Waals surface area contributed by atoms with Crippen LogP contribution in [-0.2, 0) is 39.0 Å². The second-order valence-electron chi connectivity index (χ2n) is 7.12. The molecule has 0 aromatic heterocycles. The summed E-state index contributed by atoms with van der Waals surface area (Å²) >= 11 is 0. The van der Waals surface area contributed by atoms with Crippen molar-refractivity contribution in [3.8, 4) is 0 Å². The standard InChI is InChI=1S/C19H23N5O10S3/c1-21-8-9-24(10-11-33-36(27,28)29)16-4-7-19(18(20)14-16)23-22-15-2-5-17(6-3-15)35(25,26)13-12-34-37(30,31)32/h2-7,14H,8-13,20H2,(H,27,28,29)(H,30,31,32). The lowest BCUT2D eigenvalue weighted by Gasteiger charge is -2.22. The summed E-state index contributed by atoms with van der Waals surface area (Å²) < 4.78 is 92.6. The smallest absolute Gasteiger partial charge is 0.397 e. The van der Waals surface area contributed by atoms with Crippen LogP contribution in [0.15, 0.2) is 57.6 Å². The van der Waals surface area contributed by atoms with Crippen molar-refractivity contribution in [2.75, 3.05) is 49.2 Å². The maximum absolute atomic E-state index is 12.2. The topological polar surface area (TPSA) is 220 Å². The Hall–Kier alpha value is -3.18. The van der Waals surface area contributed by atoms with Crippen LogP contribution in [0.5, 0.6) is 0 Å². The summed E-state index contributed by atoms with van der Waals surface area (Å²) in [4.78, 5) is 4.78. The lowest BCUT2D eigenvalue weighted by Crippen LogP contribution is -2.30. The molecule has 2 aromatic carbocycles. The second-order valence-corrected chi connectivity index (χ2v) is 11.4. The molecule has 0 fully saturated rings. The van der Waals surface area contributed by atoms with Crippen LogP contribution in [0.25, 0.3) is 4.85 Å². The highest BCUT2D eigenvalue weighted by atomic mass is 32.3. The predicted molar refractivity (Wildman–Crippen MR) is 132 cm³/mol. The third-order valence-corrected chi connectivity index (χ3v) is 7.13. The van der Waals surface area contributed by atoms with E-state index in [2.05, 4.69) is 23.4 Å². The first-order valence-corrected chi connectivity index (χ1v) is 14.5. The van der Waals surface area contributed by atoms with Gasteiger partial charge in [-0.15, -0.1) is 5.11 Å². The quantitative estimate of drug-likeness (QED) is 0.127. The SMILES string of the molecule is [C-]#[N+]CCN(CCOS(=O)(=O)O)c1ccc(N=Nc2ccc(S(=O)(=O)CCOS(=O)(=O)O)cc2)c(N)c1. The monoisotopic (exact) mass is 577 g/mol. The Bertz CT molecular complexity index is 1470. The Morgan fingerprint density at radius 2 is 1.51 bits per heavy atom. The van der Waals surface area contributed by atoms with Crippen molar-refractivity contribution >= 4 is 53.4 Å². The molecule has 0 aliphatic carbocycles. The molecule has 37 heavy (non-hydrogen) atoms. The van der Waals surface area contributed by atoms with Crippen molar-refractivity contribution < 1.29 is 42.7 Å². The summed E-state index contributed by atoms with van der Waals surface area (Å²) in [5.41, 5.74) is 7.38. The fraction of sp³-hybridized carbons (Fsp3) is 0.316. The van der Waals surface area contributed by atoms with Gasteiger partial charge in [0.1, 0.15) is 5.69 Å². The lowest BCUT2D eigenvalue weighted by atomic mass is 10.2. The third-order valence-electron chi connectivity index (χ3n) is 4.50. The number of nitrogen functional groups attached to an aromatic ring is 1. The van der Waals surface area contributed by atoms with Crippen molar-refractivity contribution in [3.63, 3.8) is 0 Å². The molecule has 2 rings (SSSR count). The van der Waals surface area contributed by atoms with Crippen molar-refractivity contribution in [2.45, 2.75) is 4.90 Å². The Morgan fingerprint density at radius 3 is 2.08 bits per heavy atom. The van der Waals surface area contributed by atoms with E-state index in [9.17, 15) is 25.3 Å². The number of benzene rings is 2. The minimum absolute atomic E-state index is 0.0484. The average molecular weight is 578 g/mol. The highest BCUT2D eigenvalue weighted by molar-refractivity contribution is 7.91. The second kappa shape index (κ2) is 12.9. The molecule has 4 N–H and O–H groups in total. The van der Waals surface area contributed by atoms with Gasteiger partial charge < -0.3 is 15.5 Å². The van der Waals surface area contributed by atoms with Crippen LogP contribution >= 0.6 is 0 Å². The van der Waals surface area contributed by atoms with Crippen LogP contribution in [-0.4, -0.2) is 73.0 Å². The minimum atomic E-state index is -4.75. The van der Waals surface area contributed by atoms with Crippen LogP contribution in [0, 0.1) is 6.57 Å². The number of anilines is 2. The Labute approximate surface area is 214 Å². The fourth-order valence-corrected chi connectivity index (χ4v) is 4.60. The molecule has 202 valence electrons. The number of azo groups is 1. The Morgan fingerprint density at radius 1 is 0.892 bits per heavy atom. The van der Waals surface area contributed by atoms with Crippen LogP contribution in [0.3, 0.4) is 0 Å². The van der Waals surface area contributed by atoms with Crippen molar-refractivity contribution in [3.05, 3.63) is 53.9 Å². The molecular weight excluding hydrogens is 554 g/mol. The number of nitrogens with zero attached hydrogens (tertiary/aromatic N) is 4. The summed E-state index contributed by atoms with van der Waals surface area (Å²) in [5, 5.41) is 8.03. The number of hydrogen-bond acceptors (Lipinski definition) is 12. The first-order chi connectivity index (χ1) is 17.2. The van der Waals surface area contributed by atoms with Gasteiger partial charge in [-0.05, 0) is 42.5 Å². The Balaban J connectivity index is 2.10. The minimum Gasteiger partial charge on any atom is -0.397 e. The lowest BCUT2D eigenvalue weighted by molar-refractivity contribution is 0.273. The van der Waals surface area contributed by atoms with E-state index >= 15 is 0 Å². The molecule has 0 saturated carbocycles. The summed E-state index contributed by atoms with van der Waals surface area (Å²) in [6.45, 7) is 6.27. The van der Waals surface area contributed by atoms with Gasteiger partial charge in [0.15, 0.2) is 9.84 Å². The molecule has 0 unspecified atom stereocenters. The highest BCUT2D eigenvalue weighted by Gasteiger charge is 2.17. The maximum Gasteiger partial charge on any atom is 0.397 e. The zero-order chi connectivity index (χ0) is 27.7. The third kappa shape index (κ3) is 10.8. The molecule has 0 atom stereocenters. The van der Waals surface area contributed by atoms with Crippen molar-refractivity contribution in [2.24, 2.45) is 10.2 Å². The first-order valence-electron chi connectivity index (χ1n) is 10.2. The number of nitrogens with two attached hydrogens (primary N) is 1. The molecule has 15 nitrogen and oxygen atoms in total. The summed E-state index contributed by atoms with van der Waals surface area (Å²) in [5.74, 6) is -0.675. The molecule has 0 spiro atoms. The van der Waals surface area contributed by atoms with E-state index in [-0.39, 0.29) is 48.2 Å². The molecule has 2 aromatic rings. The van der Waals surface area contributed by atoms with Crippen molar-refractivity contribution in [1.82, 2.24) is 0 Å².